The zero-order valence-electron chi connectivity index (χ0n) is 8.84. The van der Waals surface area contributed by atoms with Crippen LogP contribution in [-0.2, 0) is 0 Å². The molecule has 13 heavy (non-hydrogen) atoms. The van der Waals surface area contributed by atoms with Crippen LogP contribution in [-0.4, -0.2) is 0 Å². The average molecular weight is 176 g/mol. The van der Waals surface area contributed by atoms with Crippen molar-refractivity contribution in [3.05, 3.63) is 36.5 Å². The van der Waals surface area contributed by atoms with E-state index in [9.17, 15) is 0 Å². The Balaban J connectivity index is 2.86. The highest BCUT2D eigenvalue weighted by Gasteiger charge is 2.23. The minimum absolute atomic E-state index is 0.708. The summed E-state index contributed by atoms with van der Waals surface area (Å²) in [4.78, 5) is 0. The predicted octanol–water partition coefficient (Wildman–Crippen LogP) is 4.11. The van der Waals surface area contributed by atoms with E-state index in [1.165, 1.54) is 30.4 Å². The van der Waals surface area contributed by atoms with Crippen LogP contribution in [0.1, 0.15) is 33.1 Å². The maximum absolute atomic E-state index is 4.13. The fourth-order valence-corrected chi connectivity index (χ4v) is 2.16. The van der Waals surface area contributed by atoms with Crippen molar-refractivity contribution in [2.45, 2.75) is 33.1 Å². The molecular weight excluding hydrogens is 156 g/mol. The second-order valence-electron chi connectivity index (χ2n) is 4.20. The van der Waals surface area contributed by atoms with Gasteiger partial charge in [0.25, 0.3) is 0 Å². The molecule has 0 bridgehead atoms. The summed E-state index contributed by atoms with van der Waals surface area (Å²) in [6.45, 7) is 12.5. The first-order valence-electron chi connectivity index (χ1n) is 5.17. The normalized spacial score (nSPS) is 26.8. The Bertz CT molecular complexity index is 230. The Labute approximate surface area is 82.0 Å². The van der Waals surface area contributed by atoms with Gasteiger partial charge in [-0.25, -0.2) is 0 Å². The zero-order chi connectivity index (χ0) is 9.84. The van der Waals surface area contributed by atoms with Gasteiger partial charge in [0.05, 0.1) is 0 Å². The Hall–Kier alpha value is -0.780. The summed E-state index contributed by atoms with van der Waals surface area (Å²) < 4.78 is 0. The SMILES string of the molecule is C=C/C=C1\C(=C)CCCC1C(C)C. The van der Waals surface area contributed by atoms with Crippen LogP contribution in [0.2, 0.25) is 0 Å². The molecule has 1 unspecified atom stereocenters. The maximum Gasteiger partial charge on any atom is -0.0136 e. The van der Waals surface area contributed by atoms with Gasteiger partial charge in [-0.1, -0.05) is 44.7 Å². The number of hydrogen-bond acceptors (Lipinski definition) is 0. The van der Waals surface area contributed by atoms with Crippen LogP contribution in [0.3, 0.4) is 0 Å². The first kappa shape index (κ1) is 10.3. The van der Waals surface area contributed by atoms with E-state index in [0.717, 1.165) is 5.92 Å². The third-order valence-electron chi connectivity index (χ3n) is 2.90. The first-order valence-corrected chi connectivity index (χ1v) is 5.17. The van der Waals surface area contributed by atoms with E-state index < -0.39 is 0 Å². The summed E-state index contributed by atoms with van der Waals surface area (Å²) >= 11 is 0. The molecule has 0 radical (unpaired) electrons. The lowest BCUT2D eigenvalue weighted by atomic mass is 9.75. The van der Waals surface area contributed by atoms with Crippen LogP contribution in [0.25, 0.3) is 0 Å². The highest BCUT2D eigenvalue weighted by molar-refractivity contribution is 5.35. The highest BCUT2D eigenvalue weighted by Crippen LogP contribution is 2.37. The molecule has 0 aromatic heterocycles. The van der Waals surface area contributed by atoms with Crippen molar-refractivity contribution in [3.63, 3.8) is 0 Å². The third-order valence-corrected chi connectivity index (χ3v) is 2.90. The van der Waals surface area contributed by atoms with Gasteiger partial charge >= 0.3 is 0 Å². The largest absolute Gasteiger partial charge is 0.0991 e. The van der Waals surface area contributed by atoms with Gasteiger partial charge in [0.15, 0.2) is 0 Å². The summed E-state index contributed by atoms with van der Waals surface area (Å²) in [7, 11) is 0. The molecule has 0 aliphatic heterocycles. The predicted molar refractivity (Wildman–Crippen MR) is 59.6 cm³/mol. The monoisotopic (exact) mass is 176 g/mol. The van der Waals surface area contributed by atoms with Crippen molar-refractivity contribution >= 4 is 0 Å². The third kappa shape index (κ3) is 2.33. The molecule has 0 saturated heterocycles. The lowest BCUT2D eigenvalue weighted by molar-refractivity contribution is 0.386. The smallest absolute Gasteiger partial charge is 0.0136 e. The summed E-state index contributed by atoms with van der Waals surface area (Å²) in [5, 5.41) is 0. The minimum atomic E-state index is 0.708. The Morgan fingerprint density at radius 2 is 2.15 bits per heavy atom. The zero-order valence-corrected chi connectivity index (χ0v) is 8.84. The van der Waals surface area contributed by atoms with Crippen molar-refractivity contribution < 1.29 is 0 Å². The van der Waals surface area contributed by atoms with E-state index in [1.54, 1.807) is 0 Å². The fourth-order valence-electron chi connectivity index (χ4n) is 2.16. The van der Waals surface area contributed by atoms with Crippen LogP contribution < -0.4 is 0 Å². The second-order valence-corrected chi connectivity index (χ2v) is 4.20. The molecule has 1 rings (SSSR count). The van der Waals surface area contributed by atoms with E-state index in [4.69, 9.17) is 0 Å². The molecule has 0 heterocycles. The van der Waals surface area contributed by atoms with Gasteiger partial charge < -0.3 is 0 Å². The van der Waals surface area contributed by atoms with Gasteiger partial charge in [-0.3, -0.25) is 0 Å². The number of rotatable bonds is 2. The van der Waals surface area contributed by atoms with E-state index in [0.29, 0.717) is 5.92 Å². The molecule has 72 valence electrons. The van der Waals surface area contributed by atoms with E-state index in [2.05, 4.69) is 33.1 Å². The highest BCUT2D eigenvalue weighted by atomic mass is 14.3. The topological polar surface area (TPSA) is 0 Å². The van der Waals surface area contributed by atoms with Crippen molar-refractivity contribution in [1.82, 2.24) is 0 Å². The van der Waals surface area contributed by atoms with Crippen molar-refractivity contribution in [3.8, 4) is 0 Å². The molecule has 1 aliphatic carbocycles. The van der Waals surface area contributed by atoms with Gasteiger partial charge in [-0.15, -0.1) is 0 Å². The van der Waals surface area contributed by atoms with Crippen molar-refractivity contribution in [2.24, 2.45) is 11.8 Å². The fraction of sp³-hybridized carbons (Fsp3) is 0.538. The molecule has 1 saturated carbocycles. The Morgan fingerprint density at radius 3 is 2.69 bits per heavy atom. The van der Waals surface area contributed by atoms with Gasteiger partial charge in [-0.2, -0.15) is 0 Å². The van der Waals surface area contributed by atoms with E-state index in [1.807, 2.05) is 6.08 Å². The molecule has 1 aliphatic rings. The molecule has 0 aromatic rings. The molecule has 0 spiro atoms. The molecule has 1 fully saturated rings. The lowest BCUT2D eigenvalue weighted by Crippen LogP contribution is -2.17. The average Bonchev–Trinajstić information content (AvgIpc) is 2.08. The summed E-state index contributed by atoms with van der Waals surface area (Å²) in [6, 6.07) is 0. The quantitative estimate of drug-likeness (QED) is 0.594. The number of allylic oxidation sites excluding steroid dienone is 4. The van der Waals surface area contributed by atoms with Gasteiger partial charge in [-0.05, 0) is 36.7 Å². The maximum atomic E-state index is 4.13. The van der Waals surface area contributed by atoms with Crippen molar-refractivity contribution in [1.29, 1.82) is 0 Å². The second kappa shape index (κ2) is 4.45. The van der Waals surface area contributed by atoms with Crippen LogP contribution in [0.4, 0.5) is 0 Å². The molecule has 0 aromatic carbocycles. The first-order chi connectivity index (χ1) is 6.16. The van der Waals surface area contributed by atoms with Crippen LogP contribution >= 0.6 is 0 Å². The van der Waals surface area contributed by atoms with Gasteiger partial charge in [0, 0.05) is 0 Å². The van der Waals surface area contributed by atoms with E-state index >= 15 is 0 Å². The standard InChI is InChI=1S/C13H20/c1-5-7-13-11(4)8-6-9-12(13)10(2)3/h5,7,10,12H,1,4,6,8-9H2,2-3H3/b13-7+. The summed E-state index contributed by atoms with van der Waals surface area (Å²) in [5.74, 6) is 1.43. The summed E-state index contributed by atoms with van der Waals surface area (Å²) in [5.41, 5.74) is 2.76. The molecule has 0 heteroatoms. The summed E-state index contributed by atoms with van der Waals surface area (Å²) in [6.07, 6.45) is 7.82. The Morgan fingerprint density at radius 1 is 1.46 bits per heavy atom. The van der Waals surface area contributed by atoms with E-state index in [-0.39, 0.29) is 0 Å². The minimum Gasteiger partial charge on any atom is -0.0991 e. The molecule has 0 amide bonds. The van der Waals surface area contributed by atoms with Crippen LogP contribution in [0, 0.1) is 11.8 Å². The number of hydrogen-bond donors (Lipinski definition) is 0. The van der Waals surface area contributed by atoms with Crippen LogP contribution in [0.15, 0.2) is 36.5 Å². The van der Waals surface area contributed by atoms with Crippen molar-refractivity contribution in [2.75, 3.05) is 0 Å². The van der Waals surface area contributed by atoms with Gasteiger partial charge in [0.1, 0.15) is 0 Å². The molecule has 0 nitrogen and oxygen atoms in total. The van der Waals surface area contributed by atoms with Crippen LogP contribution in [0.5, 0.6) is 0 Å². The molecular formula is C13H20. The van der Waals surface area contributed by atoms with Gasteiger partial charge in [0.2, 0.25) is 0 Å². The Kier molecular flexibility index (Phi) is 3.53. The molecule has 0 N–H and O–H groups in total. The molecule has 1 atom stereocenters. The lowest BCUT2D eigenvalue weighted by Gasteiger charge is -2.30.